The number of aromatic nitrogens is 4. The van der Waals surface area contributed by atoms with E-state index in [-0.39, 0.29) is 11.6 Å². The minimum absolute atomic E-state index is 0.0445. The number of fused-ring (bicyclic) bond motifs is 1. The topological polar surface area (TPSA) is 100 Å². The van der Waals surface area contributed by atoms with E-state index in [4.69, 9.17) is 4.42 Å². The Bertz CT molecular complexity index is 1250. The third kappa shape index (κ3) is 3.43. The zero-order valence-corrected chi connectivity index (χ0v) is 15.1. The van der Waals surface area contributed by atoms with Crippen LogP contribution in [0.4, 0.5) is 8.78 Å². The van der Waals surface area contributed by atoms with Crippen LogP contribution < -0.4 is 4.74 Å². The van der Waals surface area contributed by atoms with Crippen molar-refractivity contribution < 1.29 is 26.4 Å². The van der Waals surface area contributed by atoms with Crippen molar-refractivity contribution in [2.24, 2.45) is 0 Å². The predicted molar refractivity (Wildman–Crippen MR) is 94.1 cm³/mol. The van der Waals surface area contributed by atoms with E-state index in [2.05, 4.69) is 19.9 Å². The summed E-state index contributed by atoms with van der Waals surface area (Å²) in [4.78, 5) is 4.29. The van der Waals surface area contributed by atoms with Gasteiger partial charge in [-0.1, -0.05) is 5.10 Å². The van der Waals surface area contributed by atoms with Gasteiger partial charge in [0.2, 0.25) is 15.7 Å². The quantitative estimate of drug-likeness (QED) is 0.502. The summed E-state index contributed by atoms with van der Waals surface area (Å²) in [7, 11) is -3.61. The first-order chi connectivity index (χ1) is 13.3. The lowest BCUT2D eigenvalue weighted by atomic mass is 10.2. The Kier molecular flexibility index (Phi) is 4.30. The lowest BCUT2D eigenvalue weighted by Crippen LogP contribution is -2.02. The first kappa shape index (κ1) is 18.0. The Hall–Kier alpha value is -3.34. The summed E-state index contributed by atoms with van der Waals surface area (Å²) in [5.74, 6) is 0.0961. The fraction of sp³-hybridized carbons (Fsp3) is 0.118. The van der Waals surface area contributed by atoms with Gasteiger partial charge >= 0.3 is 11.8 Å². The van der Waals surface area contributed by atoms with Gasteiger partial charge in [0.15, 0.2) is 0 Å². The average Bonchev–Trinajstić information content (AvgIpc) is 3.28. The second-order valence-corrected chi connectivity index (χ2v) is 7.73. The lowest BCUT2D eigenvalue weighted by molar-refractivity contribution is -0.0498. The van der Waals surface area contributed by atoms with Gasteiger partial charge in [-0.05, 0) is 42.5 Å². The molecule has 2 aromatic carbocycles. The number of alkyl halides is 2. The number of sulfone groups is 1. The highest BCUT2D eigenvalue weighted by molar-refractivity contribution is 7.90. The molecule has 0 unspecified atom stereocenters. The molecule has 2 aromatic heterocycles. The molecule has 0 aliphatic carbocycles. The third-order valence-corrected chi connectivity index (χ3v) is 4.66. The molecule has 28 heavy (non-hydrogen) atoms. The molecule has 11 heteroatoms. The third-order valence-electron chi connectivity index (χ3n) is 3.86. The largest absolute Gasteiger partial charge is 0.435 e. The van der Waals surface area contributed by atoms with Gasteiger partial charge in [0.05, 0.1) is 11.0 Å². The van der Waals surface area contributed by atoms with Crippen LogP contribution in [-0.4, -0.2) is 41.0 Å². The number of imidazole rings is 1. The van der Waals surface area contributed by atoms with Gasteiger partial charge in [-0.3, -0.25) is 4.57 Å². The van der Waals surface area contributed by atoms with E-state index in [0.717, 1.165) is 6.26 Å². The zero-order valence-electron chi connectivity index (χ0n) is 14.3. The number of halogens is 2. The van der Waals surface area contributed by atoms with Crippen LogP contribution in [0.3, 0.4) is 0 Å². The van der Waals surface area contributed by atoms with Crippen LogP contribution in [0.15, 0.2) is 58.4 Å². The van der Waals surface area contributed by atoms with E-state index < -0.39 is 21.7 Å². The number of hydrogen-bond acceptors (Lipinski definition) is 7. The molecule has 0 saturated carbocycles. The van der Waals surface area contributed by atoms with Crippen LogP contribution in [-0.2, 0) is 9.84 Å². The van der Waals surface area contributed by atoms with Gasteiger partial charge in [0.1, 0.15) is 12.1 Å². The Morgan fingerprint density at radius 3 is 2.50 bits per heavy atom. The van der Waals surface area contributed by atoms with E-state index in [0.29, 0.717) is 22.3 Å². The predicted octanol–water partition coefficient (Wildman–Crippen LogP) is 3.08. The monoisotopic (exact) mass is 406 g/mol. The zero-order chi connectivity index (χ0) is 19.9. The van der Waals surface area contributed by atoms with Crippen LogP contribution in [0.25, 0.3) is 28.2 Å². The first-order valence-corrected chi connectivity index (χ1v) is 9.77. The Morgan fingerprint density at radius 1 is 1.11 bits per heavy atom. The van der Waals surface area contributed by atoms with E-state index in [9.17, 15) is 17.2 Å². The van der Waals surface area contributed by atoms with Crippen LogP contribution in [0, 0.1) is 0 Å². The van der Waals surface area contributed by atoms with Crippen molar-refractivity contribution in [3.05, 3.63) is 48.8 Å². The molecule has 0 N–H and O–H groups in total. The number of hydrogen-bond donors (Lipinski definition) is 0. The molecule has 0 amide bonds. The van der Waals surface area contributed by atoms with E-state index >= 15 is 0 Å². The van der Waals surface area contributed by atoms with E-state index in [1.54, 1.807) is 41.2 Å². The van der Waals surface area contributed by atoms with Crippen molar-refractivity contribution in [3.8, 4) is 22.9 Å². The van der Waals surface area contributed by atoms with Crippen molar-refractivity contribution in [1.82, 2.24) is 19.7 Å². The fourth-order valence-electron chi connectivity index (χ4n) is 2.61. The van der Waals surface area contributed by atoms with Gasteiger partial charge in [0.25, 0.3) is 0 Å². The molecular formula is C17H12F2N4O4S. The van der Waals surface area contributed by atoms with Crippen molar-refractivity contribution in [2.75, 3.05) is 6.26 Å². The molecule has 0 spiro atoms. The number of nitrogens with zero attached hydrogens (tertiary/aromatic N) is 4. The van der Waals surface area contributed by atoms with Crippen molar-refractivity contribution >= 4 is 20.9 Å². The van der Waals surface area contributed by atoms with Crippen LogP contribution in [0.1, 0.15) is 0 Å². The van der Waals surface area contributed by atoms with Gasteiger partial charge in [-0.15, -0.1) is 5.10 Å². The lowest BCUT2D eigenvalue weighted by Gasteiger charge is -2.07. The van der Waals surface area contributed by atoms with Crippen molar-refractivity contribution in [1.29, 1.82) is 0 Å². The number of rotatable bonds is 5. The molecule has 0 saturated heterocycles. The Labute approximate surface area is 157 Å². The van der Waals surface area contributed by atoms with E-state index in [1.807, 2.05) is 0 Å². The van der Waals surface area contributed by atoms with E-state index in [1.165, 1.54) is 12.1 Å². The maximum absolute atomic E-state index is 12.3. The van der Waals surface area contributed by atoms with Crippen molar-refractivity contribution in [2.45, 2.75) is 11.8 Å². The summed E-state index contributed by atoms with van der Waals surface area (Å²) < 4.78 is 58.9. The maximum atomic E-state index is 12.3. The summed E-state index contributed by atoms with van der Waals surface area (Å²) in [5.41, 5.74) is 2.52. The Balaban J connectivity index is 1.73. The van der Waals surface area contributed by atoms with Gasteiger partial charge in [-0.25, -0.2) is 13.4 Å². The Morgan fingerprint density at radius 2 is 1.86 bits per heavy atom. The fourth-order valence-corrected chi connectivity index (χ4v) is 3.03. The number of ether oxygens (including phenoxy) is 1. The minimum Gasteiger partial charge on any atom is -0.435 e. The molecule has 4 aromatic rings. The second-order valence-electron chi connectivity index (χ2n) is 5.84. The summed E-state index contributed by atoms with van der Waals surface area (Å²) >= 11 is 0. The van der Waals surface area contributed by atoms with Crippen LogP contribution in [0.5, 0.6) is 5.75 Å². The minimum atomic E-state index is -3.61. The molecule has 144 valence electrons. The van der Waals surface area contributed by atoms with Crippen LogP contribution >= 0.6 is 0 Å². The molecule has 4 rings (SSSR count). The molecular weight excluding hydrogens is 394 g/mol. The summed E-state index contributed by atoms with van der Waals surface area (Å²) in [6.45, 7) is -2.89. The number of benzene rings is 2. The molecule has 0 radical (unpaired) electrons. The van der Waals surface area contributed by atoms with Crippen LogP contribution in [0.2, 0.25) is 0 Å². The highest BCUT2D eigenvalue weighted by Gasteiger charge is 2.18. The van der Waals surface area contributed by atoms with Gasteiger partial charge in [-0.2, -0.15) is 8.78 Å². The maximum Gasteiger partial charge on any atom is 0.387 e. The average molecular weight is 406 g/mol. The highest BCUT2D eigenvalue weighted by atomic mass is 32.2. The van der Waals surface area contributed by atoms with Crippen molar-refractivity contribution in [3.63, 3.8) is 0 Å². The summed E-state index contributed by atoms with van der Waals surface area (Å²) in [5, 5.41) is 6.85. The molecule has 2 heterocycles. The van der Waals surface area contributed by atoms with Gasteiger partial charge in [0, 0.05) is 17.5 Å². The summed E-state index contributed by atoms with van der Waals surface area (Å²) in [6.07, 6.45) is 2.55. The molecule has 0 aliphatic heterocycles. The standard InChI is InChI=1S/C17H12F2N4O4S/c1-28(24,25)17-22-21-15(27-17)10-2-7-13-14(8-10)23(9-20-13)11-3-5-12(6-4-11)26-16(18)19/h2-9,16H,1H3. The second kappa shape index (κ2) is 6.68. The first-order valence-electron chi connectivity index (χ1n) is 7.87. The molecule has 0 bridgehead atoms. The van der Waals surface area contributed by atoms with Gasteiger partial charge < -0.3 is 9.15 Å². The SMILES string of the molecule is CS(=O)(=O)c1nnc(-c2ccc3ncn(-c4ccc(OC(F)F)cc4)c3c2)o1. The normalized spacial score (nSPS) is 12.0. The highest BCUT2D eigenvalue weighted by Crippen LogP contribution is 2.26. The molecule has 0 fully saturated rings. The molecule has 0 atom stereocenters. The summed E-state index contributed by atoms with van der Waals surface area (Å²) in [6, 6.07) is 11.2. The smallest absolute Gasteiger partial charge is 0.387 e. The molecule has 8 nitrogen and oxygen atoms in total. The molecule has 0 aliphatic rings.